The first-order chi connectivity index (χ1) is 10.4. The minimum atomic E-state index is -0.854. The lowest BCUT2D eigenvalue weighted by molar-refractivity contribution is -0.385. The van der Waals surface area contributed by atoms with E-state index in [4.69, 9.17) is 0 Å². The van der Waals surface area contributed by atoms with Crippen LogP contribution in [0.3, 0.4) is 0 Å². The van der Waals surface area contributed by atoms with Gasteiger partial charge in [0, 0.05) is 23.2 Å². The standard InChI is InChI=1S/C14H16N4O4/c1-8-3-4-10(7-12(8)18(21)22)9(2)16-17-14(20)13(19)15-11-5-6-11/h3-4,7,11H,5-6H2,1-2H3,(H,15,19)(H,17,20)/b16-9-. The van der Waals surface area contributed by atoms with Gasteiger partial charge in [-0.3, -0.25) is 19.7 Å². The van der Waals surface area contributed by atoms with Crippen LogP contribution in [-0.4, -0.2) is 28.5 Å². The molecular weight excluding hydrogens is 288 g/mol. The van der Waals surface area contributed by atoms with Gasteiger partial charge >= 0.3 is 11.8 Å². The minimum Gasteiger partial charge on any atom is -0.345 e. The maximum atomic E-state index is 11.5. The van der Waals surface area contributed by atoms with Crippen molar-refractivity contribution < 1.29 is 14.5 Å². The number of nitro groups is 1. The Morgan fingerprint density at radius 1 is 1.32 bits per heavy atom. The van der Waals surface area contributed by atoms with E-state index in [2.05, 4.69) is 15.8 Å². The Balaban J connectivity index is 2.05. The molecule has 1 saturated carbocycles. The molecule has 0 radical (unpaired) electrons. The van der Waals surface area contributed by atoms with Gasteiger partial charge in [0.15, 0.2) is 0 Å². The van der Waals surface area contributed by atoms with Crippen LogP contribution in [0.1, 0.15) is 30.9 Å². The monoisotopic (exact) mass is 304 g/mol. The SMILES string of the molecule is C/C(=N/NC(=O)C(=O)NC1CC1)c1ccc(C)c([N+](=O)[O-])c1. The second kappa shape index (κ2) is 6.33. The highest BCUT2D eigenvalue weighted by Gasteiger charge is 2.26. The summed E-state index contributed by atoms with van der Waals surface area (Å²) < 4.78 is 0. The van der Waals surface area contributed by atoms with Crippen molar-refractivity contribution in [2.75, 3.05) is 0 Å². The maximum Gasteiger partial charge on any atom is 0.329 e. The van der Waals surface area contributed by atoms with Crippen LogP contribution < -0.4 is 10.7 Å². The predicted molar refractivity (Wildman–Crippen MR) is 79.4 cm³/mol. The van der Waals surface area contributed by atoms with Gasteiger partial charge in [0.2, 0.25) is 0 Å². The third-order valence-electron chi connectivity index (χ3n) is 3.27. The number of nitrogens with one attached hydrogen (secondary N) is 2. The zero-order valence-corrected chi connectivity index (χ0v) is 12.3. The number of hydrazone groups is 1. The van der Waals surface area contributed by atoms with Gasteiger partial charge < -0.3 is 5.32 Å². The van der Waals surface area contributed by atoms with Crippen LogP contribution in [-0.2, 0) is 9.59 Å². The molecule has 0 spiro atoms. The zero-order chi connectivity index (χ0) is 16.3. The van der Waals surface area contributed by atoms with Crippen LogP contribution in [0.4, 0.5) is 5.69 Å². The molecule has 0 bridgehead atoms. The topological polar surface area (TPSA) is 114 Å². The van der Waals surface area contributed by atoms with Crippen LogP contribution in [0.15, 0.2) is 23.3 Å². The van der Waals surface area contributed by atoms with E-state index in [0.717, 1.165) is 12.8 Å². The summed E-state index contributed by atoms with van der Waals surface area (Å²) in [5.74, 6) is -1.58. The molecule has 2 N–H and O–H groups in total. The minimum absolute atomic E-state index is 0.0233. The number of carbonyl (C=O) groups excluding carboxylic acids is 2. The summed E-state index contributed by atoms with van der Waals surface area (Å²) in [6.45, 7) is 3.23. The van der Waals surface area contributed by atoms with Crippen LogP contribution in [0.25, 0.3) is 0 Å². The number of hydrogen-bond donors (Lipinski definition) is 2. The highest BCUT2D eigenvalue weighted by atomic mass is 16.6. The molecule has 8 nitrogen and oxygen atoms in total. The van der Waals surface area contributed by atoms with E-state index < -0.39 is 16.7 Å². The van der Waals surface area contributed by atoms with Crippen molar-refractivity contribution in [2.45, 2.75) is 32.7 Å². The number of rotatable bonds is 4. The van der Waals surface area contributed by atoms with Crippen molar-refractivity contribution in [2.24, 2.45) is 5.10 Å². The summed E-state index contributed by atoms with van der Waals surface area (Å²) in [5.41, 5.74) is 3.53. The Bertz CT molecular complexity index is 665. The van der Waals surface area contributed by atoms with Crippen LogP contribution in [0.5, 0.6) is 0 Å². The summed E-state index contributed by atoms with van der Waals surface area (Å²) in [7, 11) is 0. The smallest absolute Gasteiger partial charge is 0.329 e. The lowest BCUT2D eigenvalue weighted by Crippen LogP contribution is -2.39. The lowest BCUT2D eigenvalue weighted by atomic mass is 10.1. The van der Waals surface area contributed by atoms with Crippen molar-refractivity contribution in [3.05, 3.63) is 39.4 Å². The fourth-order valence-electron chi connectivity index (χ4n) is 1.76. The summed E-state index contributed by atoms with van der Waals surface area (Å²) in [6, 6.07) is 4.74. The fraction of sp³-hybridized carbons (Fsp3) is 0.357. The first-order valence-corrected chi connectivity index (χ1v) is 6.79. The number of carbonyl (C=O) groups is 2. The zero-order valence-electron chi connectivity index (χ0n) is 12.3. The van der Waals surface area contributed by atoms with Gasteiger partial charge in [-0.25, -0.2) is 5.43 Å². The van der Waals surface area contributed by atoms with E-state index in [1.54, 1.807) is 26.0 Å². The molecule has 1 fully saturated rings. The molecule has 116 valence electrons. The Morgan fingerprint density at radius 3 is 2.59 bits per heavy atom. The molecule has 8 heteroatoms. The predicted octanol–water partition coefficient (Wildman–Crippen LogP) is 1.02. The number of nitrogens with zero attached hydrogens (tertiary/aromatic N) is 2. The molecule has 0 atom stereocenters. The average Bonchev–Trinajstić information content (AvgIpc) is 3.28. The highest BCUT2D eigenvalue weighted by Crippen LogP contribution is 2.20. The Kier molecular flexibility index (Phi) is 4.50. The summed E-state index contributed by atoms with van der Waals surface area (Å²) in [4.78, 5) is 33.4. The lowest BCUT2D eigenvalue weighted by Gasteiger charge is -2.04. The number of aryl methyl sites for hydroxylation is 1. The largest absolute Gasteiger partial charge is 0.345 e. The van der Waals surface area contributed by atoms with Crippen LogP contribution in [0, 0.1) is 17.0 Å². The van der Waals surface area contributed by atoms with Gasteiger partial charge in [0.05, 0.1) is 10.6 Å². The first kappa shape index (κ1) is 15.6. The normalized spacial score (nSPS) is 14.4. The molecule has 22 heavy (non-hydrogen) atoms. The molecule has 2 amide bonds. The van der Waals surface area contributed by atoms with Crippen molar-refractivity contribution >= 4 is 23.2 Å². The summed E-state index contributed by atoms with van der Waals surface area (Å²) in [5, 5.41) is 17.2. The fourth-order valence-corrected chi connectivity index (χ4v) is 1.76. The average molecular weight is 304 g/mol. The summed E-state index contributed by atoms with van der Waals surface area (Å²) in [6.07, 6.45) is 1.77. The molecule has 1 aromatic carbocycles. The second-order valence-electron chi connectivity index (χ2n) is 5.14. The van der Waals surface area contributed by atoms with E-state index in [9.17, 15) is 19.7 Å². The number of hydrogen-bond acceptors (Lipinski definition) is 5. The second-order valence-corrected chi connectivity index (χ2v) is 5.14. The maximum absolute atomic E-state index is 11.5. The van der Waals surface area contributed by atoms with Gasteiger partial charge in [-0.05, 0) is 26.7 Å². The van der Waals surface area contributed by atoms with E-state index >= 15 is 0 Å². The van der Waals surface area contributed by atoms with E-state index in [0.29, 0.717) is 16.8 Å². The molecule has 0 unspecified atom stereocenters. The molecule has 2 rings (SSSR count). The van der Waals surface area contributed by atoms with Crippen molar-refractivity contribution in [3.8, 4) is 0 Å². The van der Waals surface area contributed by atoms with E-state index in [1.807, 2.05) is 0 Å². The number of nitro benzene ring substituents is 1. The summed E-state index contributed by atoms with van der Waals surface area (Å²) >= 11 is 0. The molecule has 0 saturated heterocycles. The first-order valence-electron chi connectivity index (χ1n) is 6.79. The quantitative estimate of drug-likeness (QED) is 0.374. The van der Waals surface area contributed by atoms with Gasteiger partial charge in [0.25, 0.3) is 5.69 Å². The highest BCUT2D eigenvalue weighted by molar-refractivity contribution is 6.35. The third kappa shape index (κ3) is 3.87. The molecule has 1 aliphatic carbocycles. The van der Waals surface area contributed by atoms with Gasteiger partial charge in [-0.15, -0.1) is 0 Å². The molecule has 1 aliphatic rings. The number of benzene rings is 1. The van der Waals surface area contributed by atoms with E-state index in [1.165, 1.54) is 6.07 Å². The van der Waals surface area contributed by atoms with E-state index in [-0.39, 0.29) is 11.7 Å². The third-order valence-corrected chi connectivity index (χ3v) is 3.27. The van der Waals surface area contributed by atoms with Gasteiger partial charge in [0.1, 0.15) is 0 Å². The number of amides is 2. The van der Waals surface area contributed by atoms with Crippen LogP contribution in [0.2, 0.25) is 0 Å². The van der Waals surface area contributed by atoms with Crippen molar-refractivity contribution in [1.29, 1.82) is 0 Å². The molecule has 1 aromatic rings. The molecule has 0 aromatic heterocycles. The Morgan fingerprint density at radius 2 is 2.00 bits per heavy atom. The Hall–Kier alpha value is -2.77. The molecular formula is C14H16N4O4. The Labute approximate surface area is 126 Å². The van der Waals surface area contributed by atoms with Crippen molar-refractivity contribution in [1.82, 2.24) is 10.7 Å². The molecule has 0 heterocycles. The van der Waals surface area contributed by atoms with Gasteiger partial charge in [-0.1, -0.05) is 12.1 Å². The van der Waals surface area contributed by atoms with Crippen LogP contribution >= 0.6 is 0 Å². The van der Waals surface area contributed by atoms with Gasteiger partial charge in [-0.2, -0.15) is 5.10 Å². The molecule has 0 aliphatic heterocycles. The van der Waals surface area contributed by atoms with Crippen molar-refractivity contribution in [3.63, 3.8) is 0 Å².